The van der Waals surface area contributed by atoms with E-state index in [9.17, 15) is 4.79 Å². The summed E-state index contributed by atoms with van der Waals surface area (Å²) in [5.41, 5.74) is -0.133. The van der Waals surface area contributed by atoms with Crippen LogP contribution < -0.4 is 5.56 Å². The Labute approximate surface area is 81.2 Å². The Bertz CT molecular complexity index is 391. The number of nitriles is 1. The Kier molecular flexibility index (Phi) is 3.10. The van der Waals surface area contributed by atoms with E-state index < -0.39 is 0 Å². The number of rotatable bonds is 2. The molecule has 0 saturated heterocycles. The first-order valence-electron chi connectivity index (χ1n) is 3.89. The third kappa shape index (κ3) is 2.60. The summed E-state index contributed by atoms with van der Waals surface area (Å²) < 4.78 is 1.44. The van der Waals surface area contributed by atoms with Crippen molar-refractivity contribution < 1.29 is 0 Å². The third-order valence-corrected chi connectivity index (χ3v) is 1.86. The van der Waals surface area contributed by atoms with Crippen molar-refractivity contribution >= 4 is 11.6 Å². The molecule has 0 saturated carbocycles. The smallest absolute Gasteiger partial charge is 0.250 e. The lowest BCUT2D eigenvalue weighted by molar-refractivity contribution is 0.564. The zero-order chi connectivity index (χ0) is 9.84. The molecule has 0 bridgehead atoms. The lowest BCUT2D eigenvalue weighted by Crippen LogP contribution is -2.21. The van der Waals surface area contributed by atoms with Crippen molar-refractivity contribution in [3.63, 3.8) is 0 Å². The Morgan fingerprint density at radius 3 is 3.00 bits per heavy atom. The quantitative estimate of drug-likeness (QED) is 0.722. The van der Waals surface area contributed by atoms with Gasteiger partial charge in [-0.1, -0.05) is 11.6 Å². The van der Waals surface area contributed by atoms with E-state index in [2.05, 4.69) is 6.07 Å². The van der Waals surface area contributed by atoms with E-state index >= 15 is 0 Å². The molecule has 0 spiro atoms. The molecule has 0 radical (unpaired) electrons. The summed E-state index contributed by atoms with van der Waals surface area (Å²) in [4.78, 5) is 11.2. The Balaban J connectivity index is 2.95. The molecule has 3 nitrogen and oxygen atoms in total. The van der Waals surface area contributed by atoms with Crippen molar-refractivity contribution in [1.82, 2.24) is 4.57 Å². The van der Waals surface area contributed by atoms with Gasteiger partial charge in [0.05, 0.1) is 17.0 Å². The molecule has 0 aliphatic heterocycles. The van der Waals surface area contributed by atoms with Gasteiger partial charge in [-0.2, -0.15) is 5.26 Å². The molecular weight excluding hydrogens is 188 g/mol. The highest BCUT2D eigenvalue weighted by molar-refractivity contribution is 6.30. The van der Waals surface area contributed by atoms with Gasteiger partial charge in [0.15, 0.2) is 0 Å². The van der Waals surface area contributed by atoms with Crippen LogP contribution in [0.5, 0.6) is 0 Å². The minimum absolute atomic E-state index is 0.133. The summed E-state index contributed by atoms with van der Waals surface area (Å²) in [6.07, 6.45) is 1.54. The topological polar surface area (TPSA) is 45.8 Å². The van der Waals surface area contributed by atoms with Gasteiger partial charge < -0.3 is 4.57 Å². The van der Waals surface area contributed by atoms with Crippen LogP contribution in [0.2, 0.25) is 5.02 Å². The lowest BCUT2D eigenvalue weighted by atomic mass is 10.2. The molecule has 0 aliphatic rings. The zero-order valence-corrected chi connectivity index (χ0v) is 7.95. The predicted octanol–water partition coefficient (Wildman–Crippen LogP) is 1.66. The summed E-state index contributed by atoms with van der Waals surface area (Å²) in [7, 11) is 0. The average Bonchev–Trinajstić information content (AvgIpc) is 2.11. The van der Waals surface area contributed by atoms with Crippen LogP contribution in [0, 0.1) is 17.2 Å². The predicted molar refractivity (Wildman–Crippen MR) is 50.5 cm³/mol. The first-order chi connectivity index (χ1) is 6.13. The van der Waals surface area contributed by atoms with Crippen molar-refractivity contribution in [3.8, 4) is 6.07 Å². The van der Waals surface area contributed by atoms with Crippen LogP contribution >= 0.6 is 11.6 Å². The van der Waals surface area contributed by atoms with Gasteiger partial charge >= 0.3 is 0 Å². The average molecular weight is 197 g/mol. The Morgan fingerprint density at radius 1 is 1.69 bits per heavy atom. The molecule has 0 fully saturated rings. The highest BCUT2D eigenvalue weighted by atomic mass is 35.5. The largest absolute Gasteiger partial charge is 0.313 e. The Morgan fingerprint density at radius 2 is 2.38 bits per heavy atom. The van der Waals surface area contributed by atoms with Crippen LogP contribution in [-0.2, 0) is 6.54 Å². The van der Waals surface area contributed by atoms with Gasteiger partial charge in [0.25, 0.3) is 5.56 Å². The molecule has 4 heteroatoms. The van der Waals surface area contributed by atoms with Crippen LogP contribution in [0.15, 0.2) is 23.1 Å². The molecular formula is C9H9ClN2O. The molecule has 1 aromatic heterocycles. The molecule has 13 heavy (non-hydrogen) atoms. The summed E-state index contributed by atoms with van der Waals surface area (Å²) in [6.45, 7) is 2.14. The molecule has 0 aromatic carbocycles. The van der Waals surface area contributed by atoms with E-state index in [4.69, 9.17) is 16.9 Å². The van der Waals surface area contributed by atoms with Crippen molar-refractivity contribution in [2.24, 2.45) is 5.92 Å². The maximum absolute atomic E-state index is 11.2. The molecule has 68 valence electrons. The third-order valence-electron chi connectivity index (χ3n) is 1.64. The normalized spacial score (nSPS) is 12.1. The van der Waals surface area contributed by atoms with E-state index in [0.29, 0.717) is 11.6 Å². The number of nitrogens with zero attached hydrogens (tertiary/aromatic N) is 2. The summed E-state index contributed by atoms with van der Waals surface area (Å²) in [5.74, 6) is -0.184. The van der Waals surface area contributed by atoms with E-state index in [1.54, 1.807) is 6.92 Å². The Hall–Kier alpha value is -1.27. The van der Waals surface area contributed by atoms with E-state index in [-0.39, 0.29) is 11.5 Å². The van der Waals surface area contributed by atoms with Gasteiger partial charge in [0.1, 0.15) is 0 Å². The van der Waals surface area contributed by atoms with Gasteiger partial charge in [-0.3, -0.25) is 4.79 Å². The van der Waals surface area contributed by atoms with Crippen molar-refractivity contribution in [1.29, 1.82) is 5.26 Å². The van der Waals surface area contributed by atoms with Crippen LogP contribution in [-0.4, -0.2) is 4.57 Å². The monoisotopic (exact) mass is 196 g/mol. The van der Waals surface area contributed by atoms with E-state index in [1.807, 2.05) is 0 Å². The number of hydrogen-bond donors (Lipinski definition) is 0. The van der Waals surface area contributed by atoms with Crippen molar-refractivity contribution in [3.05, 3.63) is 33.7 Å². The van der Waals surface area contributed by atoms with Crippen LogP contribution in [0.25, 0.3) is 0 Å². The second-order valence-corrected chi connectivity index (χ2v) is 3.30. The molecule has 1 atom stereocenters. The lowest BCUT2D eigenvalue weighted by Gasteiger charge is -2.06. The molecule has 0 amide bonds. The van der Waals surface area contributed by atoms with E-state index in [0.717, 1.165) is 0 Å². The van der Waals surface area contributed by atoms with Gasteiger partial charge in [0, 0.05) is 18.8 Å². The number of hydrogen-bond acceptors (Lipinski definition) is 2. The maximum Gasteiger partial charge on any atom is 0.250 e. The fourth-order valence-corrected chi connectivity index (χ4v) is 1.16. The first kappa shape index (κ1) is 9.82. The highest BCUT2D eigenvalue weighted by Gasteiger charge is 2.02. The first-order valence-corrected chi connectivity index (χ1v) is 4.27. The molecule has 1 aromatic rings. The maximum atomic E-state index is 11.2. The van der Waals surface area contributed by atoms with Crippen molar-refractivity contribution in [2.45, 2.75) is 13.5 Å². The standard InChI is InChI=1S/C9H9ClN2O/c1-7(4-11)5-12-6-8(10)2-3-9(12)13/h2-3,6-7H,5H2,1H3. The minimum Gasteiger partial charge on any atom is -0.313 e. The zero-order valence-electron chi connectivity index (χ0n) is 7.20. The minimum atomic E-state index is -0.184. The van der Waals surface area contributed by atoms with Gasteiger partial charge in [-0.25, -0.2) is 0 Å². The second-order valence-electron chi connectivity index (χ2n) is 2.87. The number of pyridine rings is 1. The number of halogens is 1. The van der Waals surface area contributed by atoms with Crippen LogP contribution in [0.1, 0.15) is 6.92 Å². The highest BCUT2D eigenvalue weighted by Crippen LogP contribution is 2.04. The van der Waals surface area contributed by atoms with Crippen LogP contribution in [0.3, 0.4) is 0 Å². The molecule has 0 aliphatic carbocycles. The summed E-state index contributed by atoms with van der Waals surface area (Å²) >= 11 is 5.70. The van der Waals surface area contributed by atoms with Gasteiger partial charge in [-0.15, -0.1) is 0 Å². The molecule has 1 heterocycles. The summed E-state index contributed by atoms with van der Waals surface area (Å²) in [5, 5.41) is 9.06. The fraction of sp³-hybridized carbons (Fsp3) is 0.333. The van der Waals surface area contributed by atoms with E-state index in [1.165, 1.54) is 22.9 Å². The fourth-order valence-electron chi connectivity index (χ4n) is 0.981. The molecule has 1 unspecified atom stereocenters. The molecule has 1 rings (SSSR count). The summed E-state index contributed by atoms with van der Waals surface area (Å²) in [6, 6.07) is 4.99. The van der Waals surface area contributed by atoms with Crippen molar-refractivity contribution in [2.75, 3.05) is 0 Å². The SMILES string of the molecule is CC(C#N)Cn1cc(Cl)ccc1=O. The van der Waals surface area contributed by atoms with Gasteiger partial charge in [0.2, 0.25) is 0 Å². The molecule has 0 N–H and O–H groups in total. The number of aromatic nitrogens is 1. The van der Waals surface area contributed by atoms with Crippen LogP contribution in [0.4, 0.5) is 0 Å². The van der Waals surface area contributed by atoms with Gasteiger partial charge in [-0.05, 0) is 13.0 Å². The second kappa shape index (κ2) is 4.11.